The van der Waals surface area contributed by atoms with Crippen LogP contribution in [0.2, 0.25) is 0 Å². The minimum absolute atomic E-state index is 0.0184. The molecule has 1 aliphatic heterocycles. The monoisotopic (exact) mass is 428 g/mol. The Morgan fingerprint density at radius 2 is 2.26 bits per heavy atom. The van der Waals surface area contributed by atoms with E-state index in [1.807, 2.05) is 19.9 Å². The number of H-pyrrole nitrogens is 1. The first-order valence-corrected chi connectivity index (χ1v) is 10.4. The predicted octanol–water partition coefficient (Wildman–Crippen LogP) is 3.85. The molecule has 4 rings (SSSR count). The predicted molar refractivity (Wildman–Crippen MR) is 115 cm³/mol. The highest BCUT2D eigenvalue weighted by atomic mass is 19.1. The fourth-order valence-electron chi connectivity index (χ4n) is 4.15. The van der Waals surface area contributed by atoms with Crippen molar-refractivity contribution in [1.82, 2.24) is 15.6 Å². The molecule has 2 aromatic rings. The summed E-state index contributed by atoms with van der Waals surface area (Å²) in [5.41, 5.74) is 11.1. The fraction of sp³-hybridized carbons (Fsp3) is 0.429. The highest BCUT2D eigenvalue weighted by molar-refractivity contribution is 5.76. The third-order valence-electron chi connectivity index (χ3n) is 5.88. The van der Waals surface area contributed by atoms with E-state index >= 15 is 0 Å². The number of anilines is 2. The van der Waals surface area contributed by atoms with Crippen LogP contribution in [0.4, 0.5) is 21.6 Å². The summed E-state index contributed by atoms with van der Waals surface area (Å²) in [6.45, 7) is 4.11. The standard InChI is InChI=1S/C21H27FN7O2/c1-11(2)14(9-23)21(24)31-13-4-3-12(7-13)17-8-19(28-27-17)26-16-5-6-18-15(20(16)22)10-25-29(18)30/h5-6,8-9,11-13,23H,3-4,7,10,24H2,1-2H3,(H,25,30)(H2,26,27,28)/q+1/b21-14-,23-9?. The number of rotatable bonds is 7. The number of halogens is 1. The first-order chi connectivity index (χ1) is 14.9. The van der Waals surface area contributed by atoms with Crippen molar-refractivity contribution in [3.63, 3.8) is 0 Å². The molecule has 2 unspecified atom stereocenters. The van der Waals surface area contributed by atoms with Gasteiger partial charge in [0.25, 0.3) is 5.69 Å². The normalized spacial score (nSPS) is 21.0. The Kier molecular flexibility index (Phi) is 5.62. The second-order valence-electron chi connectivity index (χ2n) is 8.26. The van der Waals surface area contributed by atoms with Crippen molar-refractivity contribution in [2.45, 2.75) is 51.7 Å². The number of hydrogen-bond acceptors (Lipinski definition) is 6. The molecule has 0 bridgehead atoms. The zero-order valence-electron chi connectivity index (χ0n) is 17.5. The molecule has 2 aliphatic rings. The lowest BCUT2D eigenvalue weighted by Gasteiger charge is -2.17. The molecule has 31 heavy (non-hydrogen) atoms. The molecule has 2 atom stereocenters. The fourth-order valence-corrected chi connectivity index (χ4v) is 4.15. The Hall–Kier alpha value is -3.43. The summed E-state index contributed by atoms with van der Waals surface area (Å²) in [6, 6.07) is 4.98. The average Bonchev–Trinajstić information content (AvgIpc) is 3.45. The number of ether oxygens (including phenoxy) is 1. The van der Waals surface area contributed by atoms with Crippen molar-refractivity contribution in [2.75, 3.05) is 5.32 Å². The van der Waals surface area contributed by atoms with Gasteiger partial charge >= 0.3 is 0 Å². The van der Waals surface area contributed by atoms with E-state index in [1.54, 1.807) is 6.07 Å². The first-order valence-electron chi connectivity index (χ1n) is 10.4. The van der Waals surface area contributed by atoms with E-state index in [4.69, 9.17) is 15.9 Å². The van der Waals surface area contributed by atoms with Crippen LogP contribution in [0.1, 0.15) is 50.3 Å². The van der Waals surface area contributed by atoms with Crippen LogP contribution in [0, 0.1) is 22.1 Å². The number of nitrogens with one attached hydrogen (secondary N) is 4. The topological polar surface area (TPSA) is 132 Å². The summed E-state index contributed by atoms with van der Waals surface area (Å²) in [7, 11) is 0. The van der Waals surface area contributed by atoms with Gasteiger partial charge in [-0.15, -0.1) is 5.43 Å². The van der Waals surface area contributed by atoms with E-state index in [2.05, 4.69) is 20.9 Å². The Balaban J connectivity index is 1.41. The number of nitrogens with two attached hydrogens (primary N) is 1. The number of fused-ring (bicyclic) bond motifs is 1. The van der Waals surface area contributed by atoms with Crippen molar-refractivity contribution in [3.8, 4) is 0 Å². The maximum absolute atomic E-state index is 14.7. The third-order valence-corrected chi connectivity index (χ3v) is 5.88. The number of nitrogens with zero attached hydrogens (tertiary/aromatic N) is 2. The summed E-state index contributed by atoms with van der Waals surface area (Å²) in [6.07, 6.45) is 3.79. The summed E-state index contributed by atoms with van der Waals surface area (Å²) in [5.74, 6) is 0.723. The van der Waals surface area contributed by atoms with Crippen molar-refractivity contribution < 1.29 is 14.0 Å². The molecule has 1 fully saturated rings. The van der Waals surface area contributed by atoms with Gasteiger partial charge in [-0.3, -0.25) is 5.10 Å². The molecule has 6 N–H and O–H groups in total. The molecular weight excluding hydrogens is 401 g/mol. The molecule has 1 aromatic carbocycles. The van der Waals surface area contributed by atoms with Crippen LogP contribution in [-0.2, 0) is 11.3 Å². The average molecular weight is 428 g/mol. The summed E-state index contributed by atoms with van der Waals surface area (Å²) < 4.78 is 20.6. The van der Waals surface area contributed by atoms with Crippen LogP contribution in [0.3, 0.4) is 0 Å². The second-order valence-corrected chi connectivity index (χ2v) is 8.26. The Bertz CT molecular complexity index is 1050. The highest BCUT2D eigenvalue weighted by Gasteiger charge is 2.32. The number of aromatic nitrogens is 2. The van der Waals surface area contributed by atoms with Crippen LogP contribution in [-0.4, -0.2) is 27.4 Å². The van der Waals surface area contributed by atoms with Gasteiger partial charge in [0, 0.05) is 35.5 Å². The van der Waals surface area contributed by atoms with Gasteiger partial charge in [0.05, 0.1) is 16.2 Å². The molecule has 9 nitrogen and oxygen atoms in total. The van der Waals surface area contributed by atoms with E-state index in [0.717, 1.165) is 25.0 Å². The van der Waals surface area contributed by atoms with Gasteiger partial charge in [-0.25, -0.2) is 4.39 Å². The molecule has 0 radical (unpaired) electrons. The van der Waals surface area contributed by atoms with E-state index in [0.29, 0.717) is 33.4 Å². The van der Waals surface area contributed by atoms with E-state index in [-0.39, 0.29) is 30.2 Å². The molecule has 1 aliphatic carbocycles. The molecule has 0 amide bonds. The minimum Gasteiger partial charge on any atom is -0.476 e. The van der Waals surface area contributed by atoms with Crippen LogP contribution < -0.4 is 16.5 Å². The second kappa shape index (κ2) is 8.37. The van der Waals surface area contributed by atoms with E-state index < -0.39 is 5.82 Å². The third kappa shape index (κ3) is 4.10. The Morgan fingerprint density at radius 1 is 1.45 bits per heavy atom. The molecule has 1 aromatic heterocycles. The molecule has 164 valence electrons. The summed E-state index contributed by atoms with van der Waals surface area (Å²) in [4.78, 5) is 12.2. The molecule has 10 heteroatoms. The number of benzene rings is 1. The number of hydrazine groups is 1. The Morgan fingerprint density at radius 3 is 3.00 bits per heavy atom. The van der Waals surface area contributed by atoms with Crippen LogP contribution in [0.15, 0.2) is 29.7 Å². The summed E-state index contributed by atoms with van der Waals surface area (Å²) >= 11 is 0. The molecule has 1 saturated carbocycles. The van der Waals surface area contributed by atoms with E-state index in [1.165, 1.54) is 12.3 Å². The lowest BCUT2D eigenvalue weighted by atomic mass is 10.0. The van der Waals surface area contributed by atoms with Crippen molar-refractivity contribution in [2.24, 2.45) is 11.7 Å². The smallest absolute Gasteiger partial charge is 0.300 e. The van der Waals surface area contributed by atoms with E-state index in [9.17, 15) is 9.30 Å². The SMILES string of the molecule is CC(C)/C(C=N)=C(/N)OC1CCC(c2cc(Nc3ccc4c(c3F)CN[N+]4=O)n[nH]2)C1. The summed E-state index contributed by atoms with van der Waals surface area (Å²) in [5, 5.41) is 17.8. The zero-order chi connectivity index (χ0) is 22.1. The van der Waals surface area contributed by atoms with Gasteiger partial charge in [0.2, 0.25) is 0 Å². The zero-order valence-corrected chi connectivity index (χ0v) is 17.5. The lowest BCUT2D eigenvalue weighted by molar-refractivity contribution is -0.519. The van der Waals surface area contributed by atoms with Gasteiger partial charge in [-0.05, 0) is 31.2 Å². The van der Waals surface area contributed by atoms with Crippen molar-refractivity contribution in [3.05, 3.63) is 51.6 Å². The first kappa shape index (κ1) is 20.8. The van der Waals surface area contributed by atoms with Gasteiger partial charge < -0.3 is 21.2 Å². The minimum atomic E-state index is -0.461. The number of allylic oxidation sites excluding steroid dienone is 1. The van der Waals surface area contributed by atoms with Crippen molar-refractivity contribution in [1.29, 1.82) is 5.41 Å². The molecule has 0 saturated heterocycles. The Labute approximate surface area is 179 Å². The quantitative estimate of drug-likeness (QED) is 0.259. The maximum Gasteiger partial charge on any atom is 0.300 e. The van der Waals surface area contributed by atoms with Crippen LogP contribution in [0.5, 0.6) is 0 Å². The molecular formula is C21H27FN7O2+. The highest BCUT2D eigenvalue weighted by Crippen LogP contribution is 2.37. The van der Waals surface area contributed by atoms with Gasteiger partial charge in [0.1, 0.15) is 12.6 Å². The molecule has 0 spiro atoms. The number of hydrogen-bond donors (Lipinski definition) is 5. The largest absolute Gasteiger partial charge is 0.476 e. The van der Waals surface area contributed by atoms with Gasteiger partial charge in [0.15, 0.2) is 22.4 Å². The number of nitroso groups, excluding NO2 is 1. The van der Waals surface area contributed by atoms with Gasteiger partial charge in [-0.2, -0.15) is 5.10 Å². The lowest BCUT2D eigenvalue weighted by Crippen LogP contribution is -2.17. The van der Waals surface area contributed by atoms with Gasteiger partial charge in [-0.1, -0.05) is 13.8 Å². The maximum atomic E-state index is 14.7. The van der Waals surface area contributed by atoms with Crippen LogP contribution >= 0.6 is 0 Å². The molecule has 2 heterocycles. The van der Waals surface area contributed by atoms with Crippen LogP contribution in [0.25, 0.3) is 0 Å². The van der Waals surface area contributed by atoms with Crippen molar-refractivity contribution >= 4 is 23.4 Å². The number of aromatic amines is 1.